The van der Waals surface area contributed by atoms with Gasteiger partial charge in [-0.3, -0.25) is 0 Å². The molecule has 0 saturated heterocycles. The number of hydrogen-bond acceptors (Lipinski definition) is 6. The Morgan fingerprint density at radius 2 is 1.56 bits per heavy atom. The van der Waals surface area contributed by atoms with Crippen molar-refractivity contribution in [1.29, 1.82) is 0 Å². The van der Waals surface area contributed by atoms with Crippen molar-refractivity contribution in [3.05, 3.63) is 11.6 Å². The Labute approximate surface area is 216 Å². The van der Waals surface area contributed by atoms with E-state index in [0.717, 1.165) is 32.0 Å². The van der Waals surface area contributed by atoms with E-state index in [9.17, 15) is 30.3 Å². The summed E-state index contributed by atoms with van der Waals surface area (Å²) in [5.41, 5.74) is -1.81. The van der Waals surface area contributed by atoms with Crippen molar-refractivity contribution in [2.75, 3.05) is 6.61 Å². The minimum absolute atomic E-state index is 0.106. The van der Waals surface area contributed by atoms with Gasteiger partial charge >= 0.3 is 0 Å². The first-order valence-corrected chi connectivity index (χ1v) is 14.1. The van der Waals surface area contributed by atoms with Crippen molar-refractivity contribution >= 4 is 6.29 Å². The van der Waals surface area contributed by atoms with E-state index < -0.39 is 40.7 Å². The molecule has 5 rings (SSSR count). The monoisotopic (exact) mass is 504 g/mol. The molecule has 5 aliphatic rings. The minimum Gasteiger partial charge on any atom is -0.396 e. The molecule has 0 aromatic carbocycles. The number of hydrogen-bond donors (Lipinski definition) is 5. The van der Waals surface area contributed by atoms with Crippen LogP contribution in [0.1, 0.15) is 86.5 Å². The van der Waals surface area contributed by atoms with Crippen LogP contribution in [0.2, 0.25) is 0 Å². The van der Waals surface area contributed by atoms with Gasteiger partial charge in [-0.1, -0.05) is 53.2 Å². The van der Waals surface area contributed by atoms with Crippen molar-refractivity contribution in [1.82, 2.24) is 0 Å². The topological polar surface area (TPSA) is 118 Å². The molecular weight excluding hydrogens is 456 g/mol. The zero-order chi connectivity index (χ0) is 26.7. The van der Waals surface area contributed by atoms with Crippen molar-refractivity contribution in [2.45, 2.75) is 111 Å². The second-order valence-corrected chi connectivity index (χ2v) is 15.0. The van der Waals surface area contributed by atoms with Crippen LogP contribution in [0.5, 0.6) is 0 Å². The number of aldehydes is 1. The van der Waals surface area contributed by atoms with Gasteiger partial charge in [-0.15, -0.1) is 0 Å². The molecule has 0 bridgehead atoms. The molecule has 5 N–H and O–H groups in total. The second kappa shape index (κ2) is 7.88. The summed E-state index contributed by atoms with van der Waals surface area (Å²) in [6.07, 6.45) is 4.72. The molecule has 4 fully saturated rings. The van der Waals surface area contributed by atoms with Crippen LogP contribution in [-0.4, -0.2) is 62.8 Å². The first-order chi connectivity index (χ1) is 16.6. The molecule has 204 valence electrons. The summed E-state index contributed by atoms with van der Waals surface area (Å²) >= 11 is 0. The van der Waals surface area contributed by atoms with E-state index in [2.05, 4.69) is 26.8 Å². The summed E-state index contributed by atoms with van der Waals surface area (Å²) < 4.78 is 0. The van der Waals surface area contributed by atoms with Crippen molar-refractivity contribution in [3.63, 3.8) is 0 Å². The van der Waals surface area contributed by atoms with E-state index in [1.54, 1.807) is 0 Å². The fourth-order valence-corrected chi connectivity index (χ4v) is 10.8. The van der Waals surface area contributed by atoms with Crippen LogP contribution in [0, 0.1) is 50.2 Å². The van der Waals surface area contributed by atoms with Crippen LogP contribution in [0.4, 0.5) is 0 Å². The summed E-state index contributed by atoms with van der Waals surface area (Å²) in [6.45, 7) is 12.5. The van der Waals surface area contributed by atoms with Crippen LogP contribution in [0.25, 0.3) is 0 Å². The predicted octanol–water partition coefficient (Wildman–Crippen LogP) is 3.23. The molecule has 0 amide bonds. The third-order valence-electron chi connectivity index (χ3n) is 13.4. The van der Waals surface area contributed by atoms with E-state index in [1.165, 1.54) is 5.57 Å². The first-order valence-electron chi connectivity index (χ1n) is 14.1. The minimum atomic E-state index is -1.20. The summed E-state index contributed by atoms with van der Waals surface area (Å²) in [6, 6.07) is 0. The number of carbonyl (C=O) groups excluding carboxylic acids is 1. The van der Waals surface area contributed by atoms with E-state index in [1.807, 2.05) is 20.8 Å². The SMILES string of the molecule is CC1(C)CC2C3=CCC4[C@@]5(C)CC[C@H](O)[C@](C)(C=O)C5CC[C@@]4(C)C3(C)CC(O)[C@@]2(CO)C(O)[C@@H]1O. The Morgan fingerprint density at radius 1 is 0.889 bits per heavy atom. The van der Waals surface area contributed by atoms with E-state index in [-0.39, 0.29) is 34.7 Å². The molecule has 5 aliphatic carbocycles. The quantitative estimate of drug-likeness (QED) is 0.291. The molecule has 0 aromatic rings. The van der Waals surface area contributed by atoms with Gasteiger partial charge in [0.05, 0.1) is 41.9 Å². The van der Waals surface area contributed by atoms with Gasteiger partial charge < -0.3 is 30.3 Å². The Hall–Kier alpha value is -0.790. The lowest BCUT2D eigenvalue weighted by molar-refractivity contribution is -0.256. The Balaban J connectivity index is 1.63. The Morgan fingerprint density at radius 3 is 2.17 bits per heavy atom. The van der Waals surface area contributed by atoms with Gasteiger partial charge in [-0.2, -0.15) is 0 Å². The van der Waals surface area contributed by atoms with Gasteiger partial charge in [0.25, 0.3) is 0 Å². The molecule has 36 heavy (non-hydrogen) atoms. The highest BCUT2D eigenvalue weighted by Crippen LogP contribution is 2.75. The van der Waals surface area contributed by atoms with Crippen molar-refractivity contribution in [2.24, 2.45) is 50.2 Å². The number of rotatable bonds is 2. The molecule has 6 heteroatoms. The Bertz CT molecular complexity index is 961. The van der Waals surface area contributed by atoms with Crippen molar-refractivity contribution in [3.8, 4) is 0 Å². The summed E-state index contributed by atoms with van der Waals surface area (Å²) in [7, 11) is 0. The largest absolute Gasteiger partial charge is 0.396 e. The van der Waals surface area contributed by atoms with Gasteiger partial charge in [0.2, 0.25) is 0 Å². The zero-order valence-electron chi connectivity index (χ0n) is 23.0. The third-order valence-corrected chi connectivity index (χ3v) is 13.4. The van der Waals surface area contributed by atoms with Gasteiger partial charge in [-0.25, -0.2) is 0 Å². The van der Waals surface area contributed by atoms with E-state index in [4.69, 9.17) is 0 Å². The van der Waals surface area contributed by atoms with Crippen LogP contribution in [0.15, 0.2) is 11.6 Å². The first kappa shape index (κ1) is 26.8. The average molecular weight is 505 g/mol. The van der Waals surface area contributed by atoms with Crippen LogP contribution in [0.3, 0.4) is 0 Å². The molecule has 4 saturated carbocycles. The maximum Gasteiger partial charge on any atom is 0.128 e. The molecular formula is C30H48O6. The lowest BCUT2D eigenvalue weighted by Crippen LogP contribution is -2.71. The number of fused-ring (bicyclic) bond motifs is 7. The van der Waals surface area contributed by atoms with Crippen molar-refractivity contribution < 1.29 is 30.3 Å². The van der Waals surface area contributed by atoms with Crippen LogP contribution < -0.4 is 0 Å². The van der Waals surface area contributed by atoms with Gasteiger partial charge in [0.1, 0.15) is 6.29 Å². The molecule has 6 nitrogen and oxygen atoms in total. The van der Waals surface area contributed by atoms with Gasteiger partial charge in [-0.05, 0) is 84.4 Å². The van der Waals surface area contributed by atoms with Gasteiger partial charge in [0.15, 0.2) is 0 Å². The maximum absolute atomic E-state index is 12.3. The van der Waals surface area contributed by atoms with E-state index >= 15 is 0 Å². The molecule has 12 atom stereocenters. The Kier molecular flexibility index (Phi) is 5.86. The number of carbonyl (C=O) groups is 1. The normalized spacial score (nSPS) is 58.0. The fourth-order valence-electron chi connectivity index (χ4n) is 10.8. The molecule has 0 aromatic heterocycles. The maximum atomic E-state index is 12.3. The lowest BCUT2D eigenvalue weighted by atomic mass is 9.33. The zero-order valence-corrected chi connectivity index (χ0v) is 23.0. The highest BCUT2D eigenvalue weighted by Gasteiger charge is 2.72. The molecule has 0 radical (unpaired) electrons. The third kappa shape index (κ3) is 2.89. The molecule has 0 heterocycles. The predicted molar refractivity (Wildman–Crippen MR) is 137 cm³/mol. The lowest BCUT2D eigenvalue weighted by Gasteiger charge is -2.72. The number of aliphatic hydroxyl groups is 5. The van der Waals surface area contributed by atoms with Gasteiger partial charge in [0, 0.05) is 0 Å². The molecule has 0 aliphatic heterocycles. The highest BCUT2D eigenvalue weighted by molar-refractivity contribution is 5.61. The molecule has 0 spiro atoms. The van der Waals surface area contributed by atoms with Crippen LogP contribution >= 0.6 is 0 Å². The average Bonchev–Trinajstić information content (AvgIpc) is 2.81. The number of aliphatic hydroxyl groups excluding tert-OH is 5. The summed E-state index contributed by atoms with van der Waals surface area (Å²) in [5, 5.41) is 55.6. The summed E-state index contributed by atoms with van der Waals surface area (Å²) in [4.78, 5) is 12.3. The number of allylic oxidation sites excluding steroid dienone is 2. The second-order valence-electron chi connectivity index (χ2n) is 15.0. The fraction of sp³-hybridized carbons (Fsp3) is 0.900. The highest BCUT2D eigenvalue weighted by atomic mass is 16.3. The van der Waals surface area contributed by atoms with Crippen LogP contribution in [-0.2, 0) is 4.79 Å². The smallest absolute Gasteiger partial charge is 0.128 e. The molecule has 6 unspecified atom stereocenters. The summed E-state index contributed by atoms with van der Waals surface area (Å²) in [5.74, 6) is 0.185. The van der Waals surface area contributed by atoms with E-state index in [0.29, 0.717) is 25.2 Å². The standard InChI is InChI=1S/C30H48O6/c1-25(2)13-18-17-7-8-20-26(3)11-10-21(33)27(4,15-31)19(26)9-12-28(20,5)29(17,6)14-22(34)30(18,16-32)24(36)23(25)35/h7,15,18-24,32-36H,8-14,16H2,1-6H3/t18?,19?,20?,21-,22?,23-,24?,26-,27+,28+,29?,30-/m0/s1.